The van der Waals surface area contributed by atoms with Crippen LogP contribution in [0.25, 0.3) is 0 Å². The third-order valence-corrected chi connectivity index (χ3v) is 4.12. The zero-order valence-electron chi connectivity index (χ0n) is 11.9. The van der Waals surface area contributed by atoms with Crippen LogP contribution >= 0.6 is 0 Å². The van der Waals surface area contributed by atoms with Crippen molar-refractivity contribution in [2.24, 2.45) is 17.8 Å². The molecule has 0 aromatic heterocycles. The van der Waals surface area contributed by atoms with Crippen LogP contribution in [0.2, 0.25) is 0 Å². The summed E-state index contributed by atoms with van der Waals surface area (Å²) >= 11 is 0. The minimum absolute atomic E-state index is 0.753. The molecule has 1 fully saturated rings. The van der Waals surface area contributed by atoms with E-state index >= 15 is 0 Å². The first-order valence-corrected chi connectivity index (χ1v) is 7.50. The highest BCUT2D eigenvalue weighted by Gasteiger charge is 2.26. The van der Waals surface area contributed by atoms with Crippen LogP contribution < -0.4 is 5.32 Å². The van der Waals surface area contributed by atoms with Gasteiger partial charge < -0.3 is 5.32 Å². The Hall–Kier alpha value is -0.820. The zero-order valence-corrected chi connectivity index (χ0v) is 11.9. The molecule has 0 amide bonds. The quantitative estimate of drug-likeness (QED) is 0.768. The Morgan fingerprint density at radius 3 is 2.39 bits per heavy atom. The van der Waals surface area contributed by atoms with Crippen molar-refractivity contribution in [2.75, 3.05) is 13.1 Å². The molecule has 0 heterocycles. The molecule has 0 spiro atoms. The summed E-state index contributed by atoms with van der Waals surface area (Å²) in [5.41, 5.74) is 1.50. The summed E-state index contributed by atoms with van der Waals surface area (Å²) in [6.45, 7) is 6.90. The fraction of sp³-hybridized carbons (Fsp3) is 0.647. The molecule has 1 aliphatic rings. The molecule has 1 atom stereocenters. The largest absolute Gasteiger partial charge is 0.316 e. The van der Waals surface area contributed by atoms with Crippen LogP contribution in [0.4, 0.5) is 0 Å². The topological polar surface area (TPSA) is 12.0 Å². The van der Waals surface area contributed by atoms with Gasteiger partial charge in [-0.3, -0.25) is 0 Å². The Morgan fingerprint density at radius 1 is 1.11 bits per heavy atom. The molecule has 18 heavy (non-hydrogen) atoms. The Labute approximate surface area is 112 Å². The van der Waals surface area contributed by atoms with Crippen molar-refractivity contribution in [3.63, 3.8) is 0 Å². The highest BCUT2D eigenvalue weighted by molar-refractivity contribution is 5.15. The highest BCUT2D eigenvalue weighted by atomic mass is 14.9. The van der Waals surface area contributed by atoms with Gasteiger partial charge >= 0.3 is 0 Å². The average molecular weight is 245 g/mol. The molecule has 0 saturated heterocycles. The van der Waals surface area contributed by atoms with Crippen molar-refractivity contribution in [1.82, 2.24) is 5.32 Å². The summed E-state index contributed by atoms with van der Waals surface area (Å²) in [7, 11) is 0. The predicted octanol–water partition coefficient (Wildman–Crippen LogP) is 3.89. The molecule has 1 unspecified atom stereocenters. The molecule has 1 heteroatoms. The Balaban J connectivity index is 1.84. The van der Waals surface area contributed by atoms with E-state index in [0.717, 1.165) is 24.3 Å². The first-order valence-electron chi connectivity index (χ1n) is 7.50. The molecule has 0 aliphatic heterocycles. The normalized spacial score (nSPS) is 17.7. The summed E-state index contributed by atoms with van der Waals surface area (Å²) < 4.78 is 0. The first kappa shape index (κ1) is 13.6. The van der Waals surface area contributed by atoms with E-state index in [4.69, 9.17) is 0 Å². The summed E-state index contributed by atoms with van der Waals surface area (Å²) in [6, 6.07) is 11.0. The van der Waals surface area contributed by atoms with Crippen molar-refractivity contribution >= 4 is 0 Å². The predicted molar refractivity (Wildman–Crippen MR) is 78.7 cm³/mol. The van der Waals surface area contributed by atoms with Crippen molar-refractivity contribution in [3.8, 4) is 0 Å². The third kappa shape index (κ3) is 4.13. The van der Waals surface area contributed by atoms with E-state index in [1.807, 2.05) is 0 Å². The molecule has 0 radical (unpaired) electrons. The van der Waals surface area contributed by atoms with Crippen LogP contribution in [0.5, 0.6) is 0 Å². The van der Waals surface area contributed by atoms with Crippen LogP contribution in [-0.4, -0.2) is 13.1 Å². The monoisotopic (exact) mass is 245 g/mol. The maximum absolute atomic E-state index is 3.65. The first-order chi connectivity index (χ1) is 8.75. The zero-order chi connectivity index (χ0) is 12.8. The molecule has 1 aromatic rings. The van der Waals surface area contributed by atoms with Crippen molar-refractivity contribution in [3.05, 3.63) is 35.9 Å². The molecule has 1 aromatic carbocycles. The molecule has 1 nitrogen and oxygen atoms in total. The summed E-state index contributed by atoms with van der Waals surface area (Å²) in [6.07, 6.45) is 5.58. The van der Waals surface area contributed by atoms with E-state index in [2.05, 4.69) is 49.5 Å². The molecule has 1 saturated carbocycles. The van der Waals surface area contributed by atoms with E-state index in [1.54, 1.807) is 0 Å². The standard InChI is InChI=1S/C17H27N/c1-14(2)12-18-13-17(16-9-6-10-16)11-15-7-4-3-5-8-15/h3-5,7-8,14,16-18H,6,9-13H2,1-2H3. The van der Waals surface area contributed by atoms with E-state index in [1.165, 1.54) is 37.8 Å². The van der Waals surface area contributed by atoms with E-state index in [9.17, 15) is 0 Å². The van der Waals surface area contributed by atoms with Crippen molar-refractivity contribution < 1.29 is 0 Å². The van der Waals surface area contributed by atoms with Crippen LogP contribution in [0, 0.1) is 17.8 Å². The number of benzene rings is 1. The van der Waals surface area contributed by atoms with Crippen LogP contribution in [0.15, 0.2) is 30.3 Å². The summed E-state index contributed by atoms with van der Waals surface area (Å²) in [5.74, 6) is 2.55. The number of rotatable bonds is 7. The average Bonchev–Trinajstić information content (AvgIpc) is 2.27. The van der Waals surface area contributed by atoms with E-state index in [0.29, 0.717) is 0 Å². The fourth-order valence-corrected chi connectivity index (χ4v) is 2.79. The summed E-state index contributed by atoms with van der Waals surface area (Å²) in [4.78, 5) is 0. The van der Waals surface area contributed by atoms with Crippen LogP contribution in [0.3, 0.4) is 0 Å². The SMILES string of the molecule is CC(C)CNCC(Cc1ccccc1)C1CCC1. The van der Waals surface area contributed by atoms with Gasteiger partial charge in [-0.25, -0.2) is 0 Å². The lowest BCUT2D eigenvalue weighted by Gasteiger charge is -2.34. The molecule has 1 N–H and O–H groups in total. The summed E-state index contributed by atoms with van der Waals surface area (Å²) in [5, 5.41) is 3.65. The van der Waals surface area contributed by atoms with Gasteiger partial charge in [-0.2, -0.15) is 0 Å². The Morgan fingerprint density at radius 2 is 1.83 bits per heavy atom. The maximum Gasteiger partial charge on any atom is -0.00146 e. The van der Waals surface area contributed by atoms with Gasteiger partial charge in [0.05, 0.1) is 0 Å². The lowest BCUT2D eigenvalue weighted by atomic mass is 9.73. The lowest BCUT2D eigenvalue weighted by Crippen LogP contribution is -2.34. The molecule has 0 bridgehead atoms. The maximum atomic E-state index is 3.65. The number of hydrogen-bond donors (Lipinski definition) is 1. The molecular weight excluding hydrogens is 218 g/mol. The van der Waals surface area contributed by atoms with Gasteiger partial charge in [0.15, 0.2) is 0 Å². The minimum atomic E-state index is 0.753. The van der Waals surface area contributed by atoms with Gasteiger partial charge in [-0.15, -0.1) is 0 Å². The fourth-order valence-electron chi connectivity index (χ4n) is 2.79. The minimum Gasteiger partial charge on any atom is -0.316 e. The van der Waals surface area contributed by atoms with Gasteiger partial charge in [0.2, 0.25) is 0 Å². The Bertz CT molecular complexity index is 327. The highest BCUT2D eigenvalue weighted by Crippen LogP contribution is 2.34. The lowest BCUT2D eigenvalue weighted by molar-refractivity contribution is 0.198. The molecule has 100 valence electrons. The number of nitrogens with one attached hydrogen (secondary N) is 1. The van der Waals surface area contributed by atoms with Crippen LogP contribution in [-0.2, 0) is 6.42 Å². The molecular formula is C17H27N. The second kappa shape index (κ2) is 6.94. The smallest absolute Gasteiger partial charge is 0.00146 e. The van der Waals surface area contributed by atoms with E-state index < -0.39 is 0 Å². The van der Waals surface area contributed by atoms with Gasteiger partial charge in [-0.05, 0) is 42.8 Å². The van der Waals surface area contributed by atoms with Crippen molar-refractivity contribution in [1.29, 1.82) is 0 Å². The van der Waals surface area contributed by atoms with Crippen LogP contribution in [0.1, 0.15) is 38.7 Å². The van der Waals surface area contributed by atoms with E-state index in [-0.39, 0.29) is 0 Å². The van der Waals surface area contributed by atoms with Gasteiger partial charge in [0.1, 0.15) is 0 Å². The second-order valence-corrected chi connectivity index (χ2v) is 6.19. The molecule has 1 aliphatic carbocycles. The third-order valence-electron chi connectivity index (χ3n) is 4.12. The van der Waals surface area contributed by atoms with Gasteiger partial charge in [0.25, 0.3) is 0 Å². The van der Waals surface area contributed by atoms with Crippen molar-refractivity contribution in [2.45, 2.75) is 39.5 Å². The van der Waals surface area contributed by atoms with Gasteiger partial charge in [-0.1, -0.05) is 63.4 Å². The Kier molecular flexibility index (Phi) is 5.25. The van der Waals surface area contributed by atoms with Gasteiger partial charge in [0, 0.05) is 0 Å². The second-order valence-electron chi connectivity index (χ2n) is 6.19. The molecule has 2 rings (SSSR count). The number of hydrogen-bond acceptors (Lipinski definition) is 1.